The Morgan fingerprint density at radius 2 is 1.97 bits per heavy atom. The Kier molecular flexibility index (Phi) is 7.54. The molecule has 0 bridgehead atoms. The lowest BCUT2D eigenvalue weighted by Crippen LogP contribution is -2.47. The van der Waals surface area contributed by atoms with Crippen LogP contribution in [0, 0.1) is 5.92 Å². The van der Waals surface area contributed by atoms with Gasteiger partial charge in [0.2, 0.25) is 5.91 Å². The van der Waals surface area contributed by atoms with Crippen molar-refractivity contribution in [3.63, 3.8) is 0 Å². The summed E-state index contributed by atoms with van der Waals surface area (Å²) in [4.78, 5) is 28.6. The number of aromatic nitrogens is 1. The topological polar surface area (TPSA) is 63.6 Å². The van der Waals surface area contributed by atoms with E-state index < -0.39 is 0 Å². The van der Waals surface area contributed by atoms with Gasteiger partial charge in [-0.1, -0.05) is 36.4 Å². The monoisotopic (exact) mass is 487 g/mol. The highest BCUT2D eigenvalue weighted by Gasteiger charge is 2.40. The molecular formula is C30H37N3O3. The van der Waals surface area contributed by atoms with Crippen molar-refractivity contribution in [3.8, 4) is 0 Å². The van der Waals surface area contributed by atoms with Crippen LogP contribution in [0.2, 0.25) is 0 Å². The zero-order valence-corrected chi connectivity index (χ0v) is 21.4. The molecule has 1 saturated heterocycles. The molecule has 2 fully saturated rings. The molecule has 36 heavy (non-hydrogen) atoms. The molecule has 0 spiro atoms. The van der Waals surface area contributed by atoms with E-state index in [-0.39, 0.29) is 23.3 Å². The fourth-order valence-electron chi connectivity index (χ4n) is 5.64. The Bertz CT molecular complexity index is 1280. The van der Waals surface area contributed by atoms with Gasteiger partial charge in [0.05, 0.1) is 5.92 Å². The fraction of sp³-hybridized carbons (Fsp3) is 0.467. The summed E-state index contributed by atoms with van der Waals surface area (Å²) in [5.41, 5.74) is 3.48. The quantitative estimate of drug-likeness (QED) is 0.464. The largest absolute Gasteiger partial charge is 0.385 e. The second-order valence-electron chi connectivity index (χ2n) is 10.4. The summed E-state index contributed by atoms with van der Waals surface area (Å²) in [6.45, 7) is 2.89. The summed E-state index contributed by atoms with van der Waals surface area (Å²) in [5, 5.41) is 5.89. The molecule has 6 heteroatoms. The molecule has 6 nitrogen and oxygen atoms in total. The molecular weight excluding hydrogens is 450 g/mol. The number of nitrogens with zero attached hydrogens (tertiary/aromatic N) is 2. The maximum absolute atomic E-state index is 14.1. The maximum Gasteiger partial charge on any atom is 0.250 e. The number of pyridine rings is 1. The first-order valence-electron chi connectivity index (χ1n) is 13.2. The van der Waals surface area contributed by atoms with Crippen LogP contribution in [0.4, 0.5) is 0 Å². The fourth-order valence-corrected chi connectivity index (χ4v) is 5.64. The first-order chi connectivity index (χ1) is 17.5. The number of rotatable bonds is 9. The minimum absolute atomic E-state index is 0.0203. The van der Waals surface area contributed by atoms with Gasteiger partial charge in [0.25, 0.3) is 5.56 Å². The van der Waals surface area contributed by atoms with E-state index >= 15 is 0 Å². The number of benzene rings is 2. The van der Waals surface area contributed by atoms with Crippen LogP contribution in [0.15, 0.2) is 59.5 Å². The zero-order chi connectivity index (χ0) is 25.1. The Hall–Kier alpha value is -2.96. The number of methoxy groups -OCH3 is 1. The van der Waals surface area contributed by atoms with E-state index in [1.807, 2.05) is 12.3 Å². The van der Waals surface area contributed by atoms with Crippen LogP contribution in [0.3, 0.4) is 0 Å². The number of nitrogens with one attached hydrogen (secondary N) is 1. The van der Waals surface area contributed by atoms with E-state index in [2.05, 4.69) is 46.6 Å². The number of hydrogen-bond acceptors (Lipinski definition) is 4. The molecule has 5 rings (SSSR count). The summed E-state index contributed by atoms with van der Waals surface area (Å²) < 4.78 is 6.85. The molecule has 2 atom stereocenters. The van der Waals surface area contributed by atoms with Crippen LogP contribution < -0.4 is 10.9 Å². The highest BCUT2D eigenvalue weighted by Crippen LogP contribution is 2.36. The number of aryl methyl sites for hydroxylation is 2. The molecule has 1 aliphatic heterocycles. The number of carbonyl (C=O) groups is 1. The second kappa shape index (κ2) is 11.0. The molecule has 1 unspecified atom stereocenters. The van der Waals surface area contributed by atoms with Crippen molar-refractivity contribution in [2.45, 2.75) is 50.6 Å². The lowest BCUT2D eigenvalue weighted by Gasteiger charge is -2.36. The van der Waals surface area contributed by atoms with Gasteiger partial charge in [0, 0.05) is 52.2 Å². The molecule has 3 aromatic rings. The molecule has 1 amide bonds. The van der Waals surface area contributed by atoms with Crippen LogP contribution in [0.5, 0.6) is 0 Å². The van der Waals surface area contributed by atoms with Crippen LogP contribution in [0.25, 0.3) is 10.8 Å². The van der Waals surface area contributed by atoms with Gasteiger partial charge in [-0.15, -0.1) is 0 Å². The first kappa shape index (κ1) is 24.7. The van der Waals surface area contributed by atoms with Crippen molar-refractivity contribution in [1.82, 2.24) is 14.8 Å². The molecule has 1 saturated carbocycles. The Balaban J connectivity index is 1.44. The Morgan fingerprint density at radius 1 is 1.14 bits per heavy atom. The van der Waals surface area contributed by atoms with Gasteiger partial charge >= 0.3 is 0 Å². The van der Waals surface area contributed by atoms with Crippen molar-refractivity contribution >= 4 is 16.7 Å². The Morgan fingerprint density at radius 3 is 2.75 bits per heavy atom. The number of hydrogen-bond donors (Lipinski definition) is 1. The smallest absolute Gasteiger partial charge is 0.250 e. The molecule has 1 aliphatic carbocycles. The number of amides is 1. The van der Waals surface area contributed by atoms with Gasteiger partial charge in [-0.3, -0.25) is 9.59 Å². The van der Waals surface area contributed by atoms with E-state index in [1.165, 1.54) is 21.9 Å². The molecule has 2 aliphatic rings. The summed E-state index contributed by atoms with van der Waals surface area (Å²) in [6, 6.07) is 17.1. The number of piperidine rings is 1. The van der Waals surface area contributed by atoms with Crippen LogP contribution in [-0.4, -0.2) is 48.2 Å². The highest BCUT2D eigenvalue weighted by atomic mass is 16.5. The summed E-state index contributed by atoms with van der Waals surface area (Å²) in [6.07, 6.45) is 6.75. The summed E-state index contributed by atoms with van der Waals surface area (Å²) >= 11 is 0. The number of carbonyl (C=O) groups excluding carboxylic acids is 1. The third-order valence-corrected chi connectivity index (χ3v) is 7.79. The third kappa shape index (κ3) is 5.40. The van der Waals surface area contributed by atoms with E-state index in [4.69, 9.17) is 4.74 Å². The van der Waals surface area contributed by atoms with Crippen molar-refractivity contribution in [2.24, 2.45) is 13.0 Å². The van der Waals surface area contributed by atoms with Crippen molar-refractivity contribution in [1.29, 1.82) is 0 Å². The molecule has 0 radical (unpaired) electrons. The lowest BCUT2D eigenvalue weighted by molar-refractivity contribution is -0.138. The van der Waals surface area contributed by atoms with Crippen LogP contribution in [-0.2, 0) is 29.5 Å². The van der Waals surface area contributed by atoms with Crippen molar-refractivity contribution in [3.05, 3.63) is 81.8 Å². The number of fused-ring (bicyclic) bond motifs is 1. The van der Waals surface area contributed by atoms with Crippen molar-refractivity contribution < 1.29 is 9.53 Å². The summed E-state index contributed by atoms with van der Waals surface area (Å²) in [7, 11) is 3.51. The van der Waals surface area contributed by atoms with Gasteiger partial charge in [-0.2, -0.15) is 0 Å². The van der Waals surface area contributed by atoms with Gasteiger partial charge in [-0.05, 0) is 78.1 Å². The standard InChI is InChI=1S/C30H37N3O3/c1-32-14-12-23(18-29(32)34)27-11-13-31-19-28(27)30(35)33(25-9-10-25)20-24-17-21(6-5-15-36-2)16-22-7-3-4-8-26(22)24/h3-4,7-8,12,14,16-18,25,27-28,31H,5-6,9-11,13,15,19-20H2,1-2H3/t27-,28?/m1/s1. The average molecular weight is 488 g/mol. The second-order valence-corrected chi connectivity index (χ2v) is 10.4. The van der Waals surface area contributed by atoms with E-state index in [0.29, 0.717) is 19.1 Å². The van der Waals surface area contributed by atoms with Crippen LogP contribution in [0.1, 0.15) is 48.3 Å². The minimum atomic E-state index is -0.164. The predicted molar refractivity (Wildman–Crippen MR) is 143 cm³/mol. The highest BCUT2D eigenvalue weighted by molar-refractivity contribution is 5.87. The van der Waals surface area contributed by atoms with Crippen LogP contribution >= 0.6 is 0 Å². The minimum Gasteiger partial charge on any atom is -0.385 e. The maximum atomic E-state index is 14.1. The van der Waals surface area contributed by atoms with Gasteiger partial charge in [0.15, 0.2) is 0 Å². The lowest BCUT2D eigenvalue weighted by atomic mass is 9.80. The third-order valence-electron chi connectivity index (χ3n) is 7.79. The molecule has 1 aromatic heterocycles. The van der Waals surface area contributed by atoms with E-state index in [0.717, 1.165) is 50.8 Å². The normalized spacial score (nSPS) is 19.9. The van der Waals surface area contributed by atoms with Gasteiger partial charge < -0.3 is 19.5 Å². The SMILES string of the molecule is COCCCc1cc(CN(C(=O)C2CNCC[C@@H]2c2ccn(C)c(=O)c2)C2CC2)c2ccccc2c1. The predicted octanol–water partition coefficient (Wildman–Crippen LogP) is 4.00. The van der Waals surface area contributed by atoms with E-state index in [1.54, 1.807) is 24.8 Å². The zero-order valence-electron chi connectivity index (χ0n) is 21.4. The summed E-state index contributed by atoms with van der Waals surface area (Å²) in [5.74, 6) is 0.109. The Labute approximate surface area is 213 Å². The van der Waals surface area contributed by atoms with E-state index in [9.17, 15) is 9.59 Å². The first-order valence-corrected chi connectivity index (χ1v) is 13.2. The average Bonchev–Trinajstić information content (AvgIpc) is 3.74. The molecule has 190 valence electrons. The van der Waals surface area contributed by atoms with Gasteiger partial charge in [-0.25, -0.2) is 0 Å². The molecule has 2 aromatic carbocycles. The molecule has 2 heterocycles. The van der Waals surface area contributed by atoms with Crippen molar-refractivity contribution in [2.75, 3.05) is 26.8 Å². The molecule has 1 N–H and O–H groups in total. The number of ether oxygens (including phenoxy) is 1. The van der Waals surface area contributed by atoms with Gasteiger partial charge in [0.1, 0.15) is 0 Å².